The number of halogens is 2. The predicted octanol–water partition coefficient (Wildman–Crippen LogP) is 2.10. The molecule has 0 radical (unpaired) electrons. The second-order valence-corrected chi connectivity index (χ2v) is 6.31. The van der Waals surface area contributed by atoms with E-state index in [1.54, 1.807) is 24.1 Å². The van der Waals surface area contributed by atoms with Gasteiger partial charge in [0.15, 0.2) is 5.82 Å². The summed E-state index contributed by atoms with van der Waals surface area (Å²) in [6, 6.07) is 3.49. The largest absolute Gasteiger partial charge is 0.353 e. The number of hydrogen-bond donors (Lipinski definition) is 1. The molecule has 110 valence electrons. The van der Waals surface area contributed by atoms with Crippen molar-refractivity contribution >= 4 is 27.5 Å². The van der Waals surface area contributed by atoms with E-state index >= 15 is 0 Å². The van der Waals surface area contributed by atoms with Crippen molar-refractivity contribution in [3.8, 4) is 0 Å². The van der Waals surface area contributed by atoms with Gasteiger partial charge in [0.2, 0.25) is 5.91 Å². The highest BCUT2D eigenvalue weighted by Crippen LogP contribution is 2.34. The zero-order chi connectivity index (χ0) is 15.1. The first-order valence-electron chi connectivity index (χ1n) is 6.51. The van der Waals surface area contributed by atoms with Crippen molar-refractivity contribution < 1.29 is 9.18 Å². The lowest BCUT2D eigenvalue weighted by molar-refractivity contribution is -0.136. The lowest BCUT2D eigenvalue weighted by Crippen LogP contribution is -2.62. The molecular formula is C14H19BrFN3O. The van der Waals surface area contributed by atoms with E-state index in [1.807, 2.05) is 18.7 Å². The third-order valence-electron chi connectivity index (χ3n) is 3.86. The molecule has 0 saturated carbocycles. The van der Waals surface area contributed by atoms with Gasteiger partial charge >= 0.3 is 0 Å². The van der Waals surface area contributed by atoms with E-state index in [1.165, 1.54) is 0 Å². The third kappa shape index (κ3) is 2.31. The molecule has 2 N–H and O–H groups in total. The van der Waals surface area contributed by atoms with Crippen LogP contribution in [0.4, 0.5) is 10.1 Å². The van der Waals surface area contributed by atoms with Crippen LogP contribution in [0.5, 0.6) is 0 Å². The highest BCUT2D eigenvalue weighted by Gasteiger charge is 2.41. The molecule has 1 aliphatic rings. The maximum absolute atomic E-state index is 14.5. The number of nitrogens with zero attached hydrogens (tertiary/aromatic N) is 2. The van der Waals surface area contributed by atoms with Crippen molar-refractivity contribution in [2.75, 3.05) is 25.0 Å². The van der Waals surface area contributed by atoms with Gasteiger partial charge in [0.05, 0.1) is 10.2 Å². The number of amides is 1. The van der Waals surface area contributed by atoms with Crippen LogP contribution in [0.1, 0.15) is 19.4 Å². The summed E-state index contributed by atoms with van der Waals surface area (Å²) in [6.45, 7) is 5.08. The van der Waals surface area contributed by atoms with Gasteiger partial charge in [0, 0.05) is 26.7 Å². The van der Waals surface area contributed by atoms with Gasteiger partial charge in [-0.25, -0.2) is 4.39 Å². The number of piperazine rings is 1. The summed E-state index contributed by atoms with van der Waals surface area (Å²) in [5, 5.41) is 0. The van der Waals surface area contributed by atoms with Crippen LogP contribution in [0.3, 0.4) is 0 Å². The van der Waals surface area contributed by atoms with Gasteiger partial charge < -0.3 is 15.5 Å². The summed E-state index contributed by atoms with van der Waals surface area (Å²) in [7, 11) is 1.77. The molecule has 6 heteroatoms. The highest BCUT2D eigenvalue weighted by atomic mass is 79.9. The van der Waals surface area contributed by atoms with E-state index in [9.17, 15) is 9.18 Å². The Balaban J connectivity index is 2.46. The fraction of sp³-hybridized carbons (Fsp3) is 0.500. The molecule has 1 aliphatic heterocycles. The standard InChI is InChI=1S/C14H19BrFN3O/c1-14(2)13(20)18(3)6-7-19(14)10-5-4-9(8-17)11(15)12(10)16/h4-5H,6-8,17H2,1-3H3. The maximum atomic E-state index is 14.5. The SMILES string of the molecule is CN1CCN(c2ccc(CN)c(Br)c2F)C(C)(C)C1=O. The van der Waals surface area contributed by atoms with Crippen LogP contribution < -0.4 is 10.6 Å². The van der Waals surface area contributed by atoms with Gasteiger partial charge in [0.1, 0.15) is 5.54 Å². The average Bonchev–Trinajstić information content (AvgIpc) is 2.40. The molecule has 1 amide bonds. The molecule has 1 saturated heterocycles. The van der Waals surface area contributed by atoms with Gasteiger partial charge in [0.25, 0.3) is 0 Å². The summed E-state index contributed by atoms with van der Waals surface area (Å²) in [5.74, 6) is -0.374. The van der Waals surface area contributed by atoms with Crippen LogP contribution in [0.25, 0.3) is 0 Å². The Hall–Kier alpha value is -1.14. The number of benzene rings is 1. The van der Waals surface area contributed by atoms with E-state index in [4.69, 9.17) is 5.73 Å². The quantitative estimate of drug-likeness (QED) is 0.894. The Morgan fingerprint density at radius 3 is 2.65 bits per heavy atom. The van der Waals surface area contributed by atoms with Crippen LogP contribution in [0, 0.1) is 5.82 Å². The molecule has 0 unspecified atom stereocenters. The van der Waals surface area contributed by atoms with Crippen molar-refractivity contribution in [2.24, 2.45) is 5.73 Å². The van der Waals surface area contributed by atoms with Crippen LogP contribution in [0.15, 0.2) is 16.6 Å². The molecule has 1 heterocycles. The third-order valence-corrected chi connectivity index (χ3v) is 4.71. The second kappa shape index (κ2) is 5.33. The van der Waals surface area contributed by atoms with E-state index in [2.05, 4.69) is 15.9 Å². The zero-order valence-corrected chi connectivity index (χ0v) is 13.5. The molecule has 0 aromatic heterocycles. The van der Waals surface area contributed by atoms with Crippen LogP contribution in [-0.4, -0.2) is 36.5 Å². The van der Waals surface area contributed by atoms with Gasteiger partial charge in [-0.05, 0) is 41.4 Å². The van der Waals surface area contributed by atoms with Crippen LogP contribution in [-0.2, 0) is 11.3 Å². The van der Waals surface area contributed by atoms with E-state index in [0.29, 0.717) is 28.8 Å². The molecule has 2 rings (SSSR count). The molecule has 1 fully saturated rings. The van der Waals surface area contributed by atoms with Crippen molar-refractivity contribution in [1.29, 1.82) is 0 Å². The minimum absolute atomic E-state index is 0.0119. The fourth-order valence-electron chi connectivity index (χ4n) is 2.58. The first kappa shape index (κ1) is 15.3. The summed E-state index contributed by atoms with van der Waals surface area (Å²) < 4.78 is 14.9. The summed E-state index contributed by atoms with van der Waals surface area (Å²) in [6.07, 6.45) is 0. The molecule has 0 atom stereocenters. The number of hydrogen-bond acceptors (Lipinski definition) is 3. The van der Waals surface area contributed by atoms with Crippen molar-refractivity contribution in [3.05, 3.63) is 28.0 Å². The molecule has 4 nitrogen and oxygen atoms in total. The van der Waals surface area contributed by atoms with E-state index in [0.717, 1.165) is 0 Å². The molecule has 1 aromatic carbocycles. The van der Waals surface area contributed by atoms with Gasteiger partial charge in [-0.2, -0.15) is 0 Å². The Kier molecular flexibility index (Phi) is 4.07. The minimum atomic E-state index is -0.766. The molecule has 0 spiro atoms. The number of rotatable bonds is 2. The smallest absolute Gasteiger partial charge is 0.247 e. The van der Waals surface area contributed by atoms with E-state index in [-0.39, 0.29) is 18.3 Å². The molecule has 1 aromatic rings. The maximum Gasteiger partial charge on any atom is 0.247 e. The number of carbonyl (C=O) groups is 1. The second-order valence-electron chi connectivity index (χ2n) is 5.51. The molecule has 0 bridgehead atoms. The first-order valence-corrected chi connectivity index (χ1v) is 7.30. The Morgan fingerprint density at radius 1 is 1.40 bits per heavy atom. The van der Waals surface area contributed by atoms with Crippen molar-refractivity contribution in [3.63, 3.8) is 0 Å². The Morgan fingerprint density at radius 2 is 2.05 bits per heavy atom. The van der Waals surface area contributed by atoms with Crippen LogP contribution in [0.2, 0.25) is 0 Å². The zero-order valence-electron chi connectivity index (χ0n) is 11.9. The monoisotopic (exact) mass is 343 g/mol. The summed E-state index contributed by atoms with van der Waals surface area (Å²) >= 11 is 3.25. The van der Waals surface area contributed by atoms with Crippen LogP contribution >= 0.6 is 15.9 Å². The van der Waals surface area contributed by atoms with Gasteiger partial charge in [-0.15, -0.1) is 0 Å². The summed E-state index contributed by atoms with van der Waals surface area (Å²) in [4.78, 5) is 15.8. The lowest BCUT2D eigenvalue weighted by atomic mass is 9.96. The predicted molar refractivity (Wildman–Crippen MR) is 81.1 cm³/mol. The number of carbonyl (C=O) groups excluding carboxylic acids is 1. The molecular weight excluding hydrogens is 325 g/mol. The molecule has 20 heavy (non-hydrogen) atoms. The van der Waals surface area contributed by atoms with Gasteiger partial charge in [-0.1, -0.05) is 6.07 Å². The van der Waals surface area contributed by atoms with Crippen molar-refractivity contribution in [2.45, 2.75) is 25.9 Å². The average molecular weight is 344 g/mol. The minimum Gasteiger partial charge on any atom is -0.353 e. The molecule has 0 aliphatic carbocycles. The summed E-state index contributed by atoms with van der Waals surface area (Å²) in [5.41, 5.74) is 5.95. The Bertz CT molecular complexity index is 547. The normalized spacial score (nSPS) is 18.6. The topological polar surface area (TPSA) is 49.6 Å². The Labute approximate surface area is 126 Å². The van der Waals surface area contributed by atoms with E-state index < -0.39 is 5.54 Å². The first-order chi connectivity index (χ1) is 9.30. The fourth-order valence-corrected chi connectivity index (χ4v) is 3.08. The van der Waals surface area contributed by atoms with Gasteiger partial charge in [-0.3, -0.25) is 4.79 Å². The number of likely N-dealkylation sites (N-methyl/N-ethyl adjacent to an activating group) is 1. The van der Waals surface area contributed by atoms with Crippen molar-refractivity contribution in [1.82, 2.24) is 4.90 Å². The lowest BCUT2D eigenvalue weighted by Gasteiger charge is -2.46. The number of nitrogens with two attached hydrogens (primary N) is 1. The number of anilines is 1. The highest BCUT2D eigenvalue weighted by molar-refractivity contribution is 9.10.